The summed E-state index contributed by atoms with van der Waals surface area (Å²) in [5.74, 6) is 0.541. The van der Waals surface area contributed by atoms with Gasteiger partial charge in [-0.05, 0) is 30.7 Å². The molecule has 1 heterocycles. The highest BCUT2D eigenvalue weighted by Gasteiger charge is 2.15. The minimum atomic E-state index is -0.806. The van der Waals surface area contributed by atoms with Crippen LogP contribution in [0.15, 0.2) is 18.2 Å². The quantitative estimate of drug-likeness (QED) is 0.645. The van der Waals surface area contributed by atoms with E-state index in [4.69, 9.17) is 14.6 Å². The van der Waals surface area contributed by atoms with Crippen LogP contribution in [0.25, 0.3) is 0 Å². The van der Waals surface area contributed by atoms with Gasteiger partial charge in [-0.1, -0.05) is 6.07 Å². The van der Waals surface area contributed by atoms with Gasteiger partial charge in [0, 0.05) is 13.0 Å². The van der Waals surface area contributed by atoms with Gasteiger partial charge >= 0.3 is 5.97 Å². The fourth-order valence-corrected chi connectivity index (χ4v) is 1.99. The average molecular weight is 281 g/mol. The van der Waals surface area contributed by atoms with Crippen molar-refractivity contribution in [3.63, 3.8) is 0 Å². The summed E-state index contributed by atoms with van der Waals surface area (Å²) in [6.07, 6.45) is 0.0201. The Morgan fingerprint density at radius 2 is 2.05 bits per heavy atom. The Bertz CT molecular complexity index is 463. The average Bonchev–Trinajstić information content (AvgIpc) is 2.46. The van der Waals surface area contributed by atoms with Crippen LogP contribution < -0.4 is 14.8 Å². The molecular weight excluding hydrogens is 262 g/mol. The van der Waals surface area contributed by atoms with E-state index in [9.17, 15) is 9.90 Å². The maximum atomic E-state index is 10.4. The van der Waals surface area contributed by atoms with Gasteiger partial charge in [0.25, 0.3) is 0 Å². The van der Waals surface area contributed by atoms with Crippen molar-refractivity contribution in [2.24, 2.45) is 0 Å². The fraction of sp³-hybridized carbons (Fsp3) is 0.500. The third-order valence-corrected chi connectivity index (χ3v) is 3.03. The third kappa shape index (κ3) is 4.11. The smallest absolute Gasteiger partial charge is 0.303 e. The van der Waals surface area contributed by atoms with Gasteiger partial charge in [-0.3, -0.25) is 4.79 Å². The van der Waals surface area contributed by atoms with Gasteiger partial charge in [-0.15, -0.1) is 0 Å². The molecule has 3 N–H and O–H groups in total. The lowest BCUT2D eigenvalue weighted by molar-refractivity contribution is -0.137. The molecule has 0 saturated carbocycles. The van der Waals surface area contributed by atoms with Crippen molar-refractivity contribution in [3.8, 4) is 11.5 Å². The summed E-state index contributed by atoms with van der Waals surface area (Å²) in [6, 6.07) is 5.37. The van der Waals surface area contributed by atoms with Crippen molar-refractivity contribution >= 4 is 5.97 Å². The molecule has 1 unspecified atom stereocenters. The van der Waals surface area contributed by atoms with E-state index in [0.29, 0.717) is 44.2 Å². The van der Waals surface area contributed by atoms with Crippen molar-refractivity contribution in [2.75, 3.05) is 26.3 Å². The van der Waals surface area contributed by atoms with Crippen LogP contribution in [0.5, 0.6) is 11.5 Å². The van der Waals surface area contributed by atoms with Crippen LogP contribution in [-0.4, -0.2) is 42.5 Å². The number of carboxylic acid groups (broad SMARTS) is 1. The van der Waals surface area contributed by atoms with Gasteiger partial charge in [0.2, 0.25) is 0 Å². The second kappa shape index (κ2) is 7.12. The second-order valence-corrected chi connectivity index (χ2v) is 4.62. The van der Waals surface area contributed by atoms with E-state index < -0.39 is 12.1 Å². The summed E-state index contributed by atoms with van der Waals surface area (Å²) in [4.78, 5) is 10.4. The number of aliphatic carboxylic acids is 1. The first kappa shape index (κ1) is 14.6. The number of aliphatic hydroxyl groups is 1. The Labute approximate surface area is 117 Å². The molecular formula is C14H19NO5. The van der Waals surface area contributed by atoms with Crippen molar-refractivity contribution in [1.29, 1.82) is 0 Å². The molecule has 0 amide bonds. The fourth-order valence-electron chi connectivity index (χ4n) is 1.99. The molecule has 20 heavy (non-hydrogen) atoms. The van der Waals surface area contributed by atoms with Gasteiger partial charge in [-0.2, -0.15) is 0 Å². The third-order valence-electron chi connectivity index (χ3n) is 3.03. The molecule has 110 valence electrons. The van der Waals surface area contributed by atoms with Gasteiger partial charge in [0.05, 0.1) is 6.10 Å². The molecule has 1 atom stereocenters. The van der Waals surface area contributed by atoms with E-state index in [1.54, 1.807) is 18.2 Å². The Morgan fingerprint density at radius 3 is 2.80 bits per heavy atom. The maximum absolute atomic E-state index is 10.4. The summed E-state index contributed by atoms with van der Waals surface area (Å²) < 4.78 is 10.9. The molecule has 2 rings (SSSR count). The first-order valence-corrected chi connectivity index (χ1v) is 6.67. The highest BCUT2D eigenvalue weighted by Crippen LogP contribution is 2.32. The molecule has 0 saturated heterocycles. The number of nitrogens with one attached hydrogen (secondary N) is 1. The Kier molecular flexibility index (Phi) is 5.20. The van der Waals surface area contributed by atoms with Crippen molar-refractivity contribution in [1.82, 2.24) is 5.32 Å². The summed E-state index contributed by atoms with van der Waals surface area (Å²) in [5.41, 5.74) is 0.750. The summed E-state index contributed by atoms with van der Waals surface area (Å²) in [5, 5.41) is 21.6. The molecule has 1 aliphatic heterocycles. The maximum Gasteiger partial charge on any atom is 0.303 e. The van der Waals surface area contributed by atoms with Crippen molar-refractivity contribution in [3.05, 3.63) is 23.8 Å². The zero-order valence-corrected chi connectivity index (χ0v) is 11.2. The molecule has 1 aromatic rings. The topological polar surface area (TPSA) is 88.0 Å². The van der Waals surface area contributed by atoms with Crippen molar-refractivity contribution in [2.45, 2.75) is 18.9 Å². The lowest BCUT2D eigenvalue weighted by Crippen LogP contribution is -2.23. The van der Waals surface area contributed by atoms with Crippen molar-refractivity contribution < 1.29 is 24.5 Å². The molecule has 6 heteroatoms. The lowest BCUT2D eigenvalue weighted by atomic mass is 10.1. The summed E-state index contributed by atoms with van der Waals surface area (Å²) >= 11 is 0. The number of benzene rings is 1. The molecule has 0 radical (unpaired) electrons. The van der Waals surface area contributed by atoms with E-state index >= 15 is 0 Å². The first-order chi connectivity index (χ1) is 9.66. The minimum absolute atomic E-state index is 0.132. The molecule has 1 aliphatic rings. The Hall–Kier alpha value is -1.79. The standard InChI is InChI=1S/C14H19NO5/c16-11(9-15-5-1-2-14(17)18)10-3-4-12-13(8-10)20-7-6-19-12/h3-4,8,11,15-16H,1-2,5-7,9H2,(H,17,18). The second-order valence-electron chi connectivity index (χ2n) is 4.62. The van der Waals surface area contributed by atoms with Crippen LogP contribution in [0.3, 0.4) is 0 Å². The van der Waals surface area contributed by atoms with E-state index in [-0.39, 0.29) is 6.42 Å². The highest BCUT2D eigenvalue weighted by atomic mass is 16.6. The molecule has 6 nitrogen and oxygen atoms in total. The van der Waals surface area contributed by atoms with Gasteiger partial charge in [0.1, 0.15) is 13.2 Å². The molecule has 0 bridgehead atoms. The van der Waals surface area contributed by atoms with Gasteiger partial charge < -0.3 is 25.0 Å². The number of fused-ring (bicyclic) bond motifs is 1. The SMILES string of the molecule is O=C(O)CCCNCC(O)c1ccc2c(c1)OCCO2. The van der Waals surface area contributed by atoms with Crippen LogP contribution in [-0.2, 0) is 4.79 Å². The Morgan fingerprint density at radius 1 is 1.30 bits per heavy atom. The molecule has 0 aromatic heterocycles. The highest BCUT2D eigenvalue weighted by molar-refractivity contribution is 5.66. The predicted octanol–water partition coefficient (Wildman–Crippen LogP) is 0.946. The number of carboxylic acids is 1. The largest absolute Gasteiger partial charge is 0.486 e. The van der Waals surface area contributed by atoms with Crippen LogP contribution in [0.2, 0.25) is 0 Å². The summed E-state index contributed by atoms with van der Waals surface area (Å²) in [6.45, 7) is 1.99. The van der Waals surface area contributed by atoms with Crippen LogP contribution in [0, 0.1) is 0 Å². The number of hydrogen-bond donors (Lipinski definition) is 3. The van der Waals surface area contributed by atoms with E-state index in [1.807, 2.05) is 0 Å². The molecule has 0 aliphatic carbocycles. The van der Waals surface area contributed by atoms with Gasteiger partial charge in [-0.25, -0.2) is 0 Å². The number of hydrogen-bond acceptors (Lipinski definition) is 5. The monoisotopic (exact) mass is 281 g/mol. The first-order valence-electron chi connectivity index (χ1n) is 6.67. The number of carbonyl (C=O) groups is 1. The minimum Gasteiger partial charge on any atom is -0.486 e. The summed E-state index contributed by atoms with van der Waals surface area (Å²) in [7, 11) is 0. The van der Waals surface area contributed by atoms with Crippen LogP contribution >= 0.6 is 0 Å². The molecule has 1 aromatic carbocycles. The number of aliphatic hydroxyl groups excluding tert-OH is 1. The predicted molar refractivity (Wildman–Crippen MR) is 72.1 cm³/mol. The normalized spacial score (nSPS) is 14.8. The van der Waals surface area contributed by atoms with E-state index in [2.05, 4.69) is 5.32 Å². The van der Waals surface area contributed by atoms with Crippen LogP contribution in [0.4, 0.5) is 0 Å². The zero-order valence-electron chi connectivity index (χ0n) is 11.2. The van der Waals surface area contributed by atoms with Gasteiger partial charge in [0.15, 0.2) is 11.5 Å². The van der Waals surface area contributed by atoms with E-state index in [0.717, 1.165) is 5.56 Å². The number of ether oxygens (including phenoxy) is 2. The zero-order chi connectivity index (χ0) is 14.4. The van der Waals surface area contributed by atoms with Crippen LogP contribution in [0.1, 0.15) is 24.5 Å². The number of rotatable bonds is 7. The lowest BCUT2D eigenvalue weighted by Gasteiger charge is -2.20. The van der Waals surface area contributed by atoms with E-state index in [1.165, 1.54) is 0 Å². The molecule has 0 spiro atoms. The Balaban J connectivity index is 1.80. The molecule has 0 fully saturated rings.